The van der Waals surface area contributed by atoms with Crippen molar-refractivity contribution in [3.63, 3.8) is 0 Å². The molecule has 1 aromatic heterocycles. The van der Waals surface area contributed by atoms with Crippen molar-refractivity contribution < 1.29 is 4.74 Å². The van der Waals surface area contributed by atoms with Gasteiger partial charge < -0.3 is 10.1 Å². The zero-order chi connectivity index (χ0) is 14.5. The Bertz CT molecular complexity index is 569. The maximum Gasteiger partial charge on any atom is 0.134 e. The van der Waals surface area contributed by atoms with Crippen LogP contribution < -0.4 is 5.32 Å². The van der Waals surface area contributed by atoms with Gasteiger partial charge in [-0.15, -0.1) is 0 Å². The lowest BCUT2D eigenvalue weighted by Crippen LogP contribution is -2.13. The lowest BCUT2D eigenvalue weighted by Gasteiger charge is -2.14. The number of nitrogens with zero attached hydrogens (tertiary/aromatic N) is 2. The molecule has 0 radical (unpaired) electrons. The quantitative estimate of drug-likeness (QED) is 0.908. The third-order valence-corrected chi connectivity index (χ3v) is 3.35. The monoisotopic (exact) mass is 271 g/mol. The molecule has 0 saturated heterocycles. The number of ether oxygens (including phenoxy) is 1. The highest BCUT2D eigenvalue weighted by atomic mass is 16.5. The van der Waals surface area contributed by atoms with Crippen molar-refractivity contribution >= 4 is 5.82 Å². The van der Waals surface area contributed by atoms with Crippen LogP contribution in [-0.4, -0.2) is 30.2 Å². The number of methoxy groups -OCH3 is 1. The Morgan fingerprint density at radius 2 is 1.90 bits per heavy atom. The fourth-order valence-corrected chi connectivity index (χ4v) is 2.12. The molecule has 4 nitrogen and oxygen atoms in total. The van der Waals surface area contributed by atoms with E-state index in [4.69, 9.17) is 9.72 Å². The Kier molecular flexibility index (Phi) is 4.69. The van der Waals surface area contributed by atoms with Crippen LogP contribution in [0, 0.1) is 6.92 Å². The SMILES string of the molecule is CNc1nc(CC(C)OC)nc(-c2ccccc2)c1C. The Morgan fingerprint density at radius 3 is 2.50 bits per heavy atom. The molecule has 4 heteroatoms. The number of aromatic nitrogens is 2. The van der Waals surface area contributed by atoms with Gasteiger partial charge in [0.1, 0.15) is 11.6 Å². The maximum absolute atomic E-state index is 5.30. The number of nitrogens with one attached hydrogen (secondary N) is 1. The van der Waals surface area contributed by atoms with Crippen LogP contribution in [0.25, 0.3) is 11.3 Å². The molecule has 1 N–H and O–H groups in total. The summed E-state index contributed by atoms with van der Waals surface area (Å²) in [5.74, 6) is 1.67. The lowest BCUT2D eigenvalue weighted by atomic mass is 10.1. The molecule has 0 fully saturated rings. The molecule has 0 aliphatic carbocycles. The molecule has 0 saturated carbocycles. The summed E-state index contributed by atoms with van der Waals surface area (Å²) in [5.41, 5.74) is 3.14. The van der Waals surface area contributed by atoms with Crippen LogP contribution in [0.1, 0.15) is 18.3 Å². The second-order valence-electron chi connectivity index (χ2n) is 4.83. The predicted octanol–water partition coefficient (Wildman–Crippen LogP) is 3.07. The number of hydrogen-bond acceptors (Lipinski definition) is 4. The predicted molar refractivity (Wildman–Crippen MR) is 81.9 cm³/mol. The second-order valence-corrected chi connectivity index (χ2v) is 4.83. The molecule has 1 atom stereocenters. The summed E-state index contributed by atoms with van der Waals surface area (Å²) in [6.07, 6.45) is 0.803. The number of anilines is 1. The van der Waals surface area contributed by atoms with Gasteiger partial charge in [0.15, 0.2) is 0 Å². The van der Waals surface area contributed by atoms with E-state index in [0.717, 1.165) is 28.5 Å². The first-order valence-electron chi connectivity index (χ1n) is 6.79. The average molecular weight is 271 g/mol. The van der Waals surface area contributed by atoms with Gasteiger partial charge in [-0.2, -0.15) is 0 Å². The van der Waals surface area contributed by atoms with Gasteiger partial charge in [0, 0.05) is 31.7 Å². The zero-order valence-electron chi connectivity index (χ0n) is 12.5. The number of rotatable bonds is 5. The molecular weight excluding hydrogens is 250 g/mol. The van der Waals surface area contributed by atoms with Crippen molar-refractivity contribution in [3.05, 3.63) is 41.7 Å². The summed E-state index contributed by atoms with van der Waals surface area (Å²) < 4.78 is 5.30. The van der Waals surface area contributed by atoms with Gasteiger partial charge in [-0.05, 0) is 13.8 Å². The first kappa shape index (κ1) is 14.5. The summed E-state index contributed by atoms with van der Waals surface area (Å²) in [7, 11) is 3.59. The number of hydrogen-bond donors (Lipinski definition) is 1. The molecule has 1 aromatic carbocycles. The highest BCUT2D eigenvalue weighted by molar-refractivity contribution is 5.67. The molecule has 0 bridgehead atoms. The van der Waals surface area contributed by atoms with Crippen LogP contribution in [0.4, 0.5) is 5.82 Å². The van der Waals surface area contributed by atoms with E-state index >= 15 is 0 Å². The molecule has 0 spiro atoms. The van der Waals surface area contributed by atoms with Gasteiger partial charge in [-0.3, -0.25) is 0 Å². The normalized spacial score (nSPS) is 12.2. The van der Waals surface area contributed by atoms with Gasteiger partial charge in [0.25, 0.3) is 0 Å². The standard InChI is InChI=1S/C16H21N3O/c1-11(20-4)10-14-18-15(12(2)16(17-3)19-14)13-8-6-5-7-9-13/h5-9,11H,10H2,1-4H3,(H,17,18,19). The van der Waals surface area contributed by atoms with E-state index in [1.54, 1.807) is 7.11 Å². The van der Waals surface area contributed by atoms with Crippen molar-refractivity contribution in [2.45, 2.75) is 26.4 Å². The molecule has 1 heterocycles. The zero-order valence-corrected chi connectivity index (χ0v) is 12.5. The van der Waals surface area contributed by atoms with E-state index in [0.29, 0.717) is 6.42 Å². The van der Waals surface area contributed by atoms with E-state index in [1.165, 1.54) is 0 Å². The fourth-order valence-electron chi connectivity index (χ4n) is 2.12. The van der Waals surface area contributed by atoms with Crippen LogP contribution >= 0.6 is 0 Å². The minimum absolute atomic E-state index is 0.103. The van der Waals surface area contributed by atoms with E-state index in [-0.39, 0.29) is 6.10 Å². The first-order valence-corrected chi connectivity index (χ1v) is 6.79. The molecule has 1 unspecified atom stereocenters. The van der Waals surface area contributed by atoms with Crippen molar-refractivity contribution in [2.24, 2.45) is 0 Å². The molecule has 2 rings (SSSR count). The largest absolute Gasteiger partial charge is 0.381 e. The van der Waals surface area contributed by atoms with E-state index in [9.17, 15) is 0 Å². The molecule has 0 amide bonds. The van der Waals surface area contributed by atoms with Gasteiger partial charge in [-0.1, -0.05) is 30.3 Å². The topological polar surface area (TPSA) is 47.0 Å². The summed E-state index contributed by atoms with van der Waals surface area (Å²) in [4.78, 5) is 9.27. The second kappa shape index (κ2) is 6.48. The smallest absolute Gasteiger partial charge is 0.134 e. The van der Waals surface area contributed by atoms with Gasteiger partial charge in [-0.25, -0.2) is 9.97 Å². The Balaban J connectivity index is 2.47. The van der Waals surface area contributed by atoms with E-state index in [2.05, 4.69) is 22.4 Å². The third-order valence-electron chi connectivity index (χ3n) is 3.35. The van der Waals surface area contributed by atoms with Crippen LogP contribution in [0.2, 0.25) is 0 Å². The van der Waals surface area contributed by atoms with Crippen LogP contribution in [0.5, 0.6) is 0 Å². The van der Waals surface area contributed by atoms with Gasteiger partial charge in [0.2, 0.25) is 0 Å². The lowest BCUT2D eigenvalue weighted by molar-refractivity contribution is 0.117. The van der Waals surface area contributed by atoms with Crippen molar-refractivity contribution in [3.8, 4) is 11.3 Å². The Labute approximate surface area is 120 Å². The van der Waals surface area contributed by atoms with Crippen LogP contribution in [0.15, 0.2) is 30.3 Å². The number of benzene rings is 1. The summed E-state index contributed by atoms with van der Waals surface area (Å²) in [6, 6.07) is 10.2. The summed E-state index contributed by atoms with van der Waals surface area (Å²) in [6.45, 7) is 4.06. The van der Waals surface area contributed by atoms with Crippen molar-refractivity contribution in [1.29, 1.82) is 0 Å². The van der Waals surface area contributed by atoms with Gasteiger partial charge >= 0.3 is 0 Å². The highest BCUT2D eigenvalue weighted by Gasteiger charge is 2.13. The Morgan fingerprint density at radius 1 is 1.20 bits per heavy atom. The molecule has 2 aromatic rings. The first-order chi connectivity index (χ1) is 9.65. The molecule has 0 aliphatic rings. The molecule has 0 aliphatic heterocycles. The van der Waals surface area contributed by atoms with Crippen molar-refractivity contribution in [1.82, 2.24) is 9.97 Å². The van der Waals surface area contributed by atoms with Crippen molar-refractivity contribution in [2.75, 3.05) is 19.5 Å². The van der Waals surface area contributed by atoms with E-state index in [1.807, 2.05) is 39.1 Å². The molecule has 106 valence electrons. The molecular formula is C16H21N3O. The minimum Gasteiger partial charge on any atom is -0.381 e. The van der Waals surface area contributed by atoms with Crippen LogP contribution in [0.3, 0.4) is 0 Å². The van der Waals surface area contributed by atoms with E-state index < -0.39 is 0 Å². The third kappa shape index (κ3) is 3.14. The van der Waals surface area contributed by atoms with Crippen LogP contribution in [-0.2, 0) is 11.2 Å². The summed E-state index contributed by atoms with van der Waals surface area (Å²) in [5, 5.41) is 3.15. The summed E-state index contributed by atoms with van der Waals surface area (Å²) >= 11 is 0. The average Bonchev–Trinajstić information content (AvgIpc) is 2.49. The fraction of sp³-hybridized carbons (Fsp3) is 0.375. The highest BCUT2D eigenvalue weighted by Crippen LogP contribution is 2.25. The maximum atomic E-state index is 5.30. The van der Waals surface area contributed by atoms with Gasteiger partial charge in [0.05, 0.1) is 11.8 Å². The Hall–Kier alpha value is -1.94. The minimum atomic E-state index is 0.103. The molecule has 20 heavy (non-hydrogen) atoms.